The topological polar surface area (TPSA) is 49.0 Å². The largest absolute Gasteiger partial charge is 0.347 e. The predicted molar refractivity (Wildman–Crippen MR) is 75.3 cm³/mol. The van der Waals surface area contributed by atoms with Crippen LogP contribution in [0.2, 0.25) is 0 Å². The van der Waals surface area contributed by atoms with Crippen molar-refractivity contribution in [3.05, 3.63) is 59.7 Å². The van der Waals surface area contributed by atoms with Crippen molar-refractivity contribution in [1.29, 1.82) is 0 Å². The third-order valence-electron chi connectivity index (χ3n) is 2.81. The van der Waals surface area contributed by atoms with Crippen LogP contribution in [-0.2, 0) is 11.3 Å². The summed E-state index contributed by atoms with van der Waals surface area (Å²) in [5.74, 6) is 0.733. The number of aromatic nitrogens is 2. The highest BCUT2D eigenvalue weighted by Gasteiger charge is 2.06. The number of aryl methyl sites for hydroxylation is 1. The highest BCUT2D eigenvalue weighted by molar-refractivity contribution is 5.91. The molecule has 0 aliphatic heterocycles. The molecule has 0 spiro atoms. The number of nitrogens with zero attached hydrogens (tertiary/aromatic N) is 2. The molecule has 98 valence electrons. The van der Waals surface area contributed by atoms with Crippen LogP contribution < -0.4 is 0 Å². The summed E-state index contributed by atoms with van der Waals surface area (Å²) in [5, 5.41) is 0. The number of nitrogens with one attached hydrogen (secondary N) is 1. The van der Waals surface area contributed by atoms with Gasteiger partial charge in [0.2, 0.25) is 5.91 Å². The minimum atomic E-state index is -0.0445. The van der Waals surface area contributed by atoms with Gasteiger partial charge in [-0.25, -0.2) is 4.98 Å². The Morgan fingerprint density at radius 2 is 2.11 bits per heavy atom. The van der Waals surface area contributed by atoms with Gasteiger partial charge in [0.25, 0.3) is 0 Å². The van der Waals surface area contributed by atoms with Crippen LogP contribution in [0.15, 0.2) is 42.7 Å². The Balaban J connectivity index is 1.94. The average molecular weight is 255 g/mol. The Morgan fingerprint density at radius 3 is 2.74 bits per heavy atom. The van der Waals surface area contributed by atoms with Gasteiger partial charge in [-0.05, 0) is 18.6 Å². The van der Waals surface area contributed by atoms with Crippen LogP contribution in [-0.4, -0.2) is 27.8 Å². The zero-order valence-electron chi connectivity index (χ0n) is 11.1. The molecule has 2 rings (SSSR count). The number of hydrogen-bond donors (Lipinski definition) is 1. The Hall–Kier alpha value is -2.36. The van der Waals surface area contributed by atoms with Crippen molar-refractivity contribution in [1.82, 2.24) is 14.9 Å². The van der Waals surface area contributed by atoms with E-state index < -0.39 is 0 Å². The monoisotopic (exact) mass is 255 g/mol. The molecule has 0 aliphatic carbocycles. The first-order chi connectivity index (χ1) is 9.15. The number of hydrogen-bond acceptors (Lipinski definition) is 2. The number of carbonyl (C=O) groups is 1. The first kappa shape index (κ1) is 13.1. The van der Waals surface area contributed by atoms with Gasteiger partial charge < -0.3 is 9.88 Å². The second kappa shape index (κ2) is 6.00. The SMILES string of the molecule is Cc1ccc(C=CC(=O)N(C)Cc2ncc[nH]2)cc1. The van der Waals surface area contributed by atoms with E-state index >= 15 is 0 Å². The average Bonchev–Trinajstić information content (AvgIpc) is 2.90. The fourth-order valence-corrected chi connectivity index (χ4v) is 1.66. The minimum absolute atomic E-state index is 0.0445. The molecule has 1 aromatic heterocycles. The molecule has 1 N–H and O–H groups in total. The number of carbonyl (C=O) groups excluding carboxylic acids is 1. The predicted octanol–water partition coefficient (Wildman–Crippen LogP) is 2.39. The lowest BCUT2D eigenvalue weighted by molar-refractivity contribution is -0.125. The van der Waals surface area contributed by atoms with Gasteiger partial charge in [0.1, 0.15) is 5.82 Å². The Labute approximate surface area is 112 Å². The molecular formula is C15H17N3O. The van der Waals surface area contributed by atoms with Crippen molar-refractivity contribution in [2.45, 2.75) is 13.5 Å². The maximum absolute atomic E-state index is 11.9. The van der Waals surface area contributed by atoms with Crippen molar-refractivity contribution in [2.24, 2.45) is 0 Å². The fourth-order valence-electron chi connectivity index (χ4n) is 1.66. The molecule has 4 nitrogen and oxygen atoms in total. The smallest absolute Gasteiger partial charge is 0.246 e. The molecule has 1 aromatic carbocycles. The summed E-state index contributed by atoms with van der Waals surface area (Å²) in [6.07, 6.45) is 6.82. The van der Waals surface area contributed by atoms with Crippen LogP contribution >= 0.6 is 0 Å². The van der Waals surface area contributed by atoms with Crippen LogP contribution in [0.5, 0.6) is 0 Å². The molecule has 0 saturated heterocycles. The molecule has 1 amide bonds. The molecule has 4 heteroatoms. The van der Waals surface area contributed by atoms with Gasteiger partial charge in [-0.2, -0.15) is 0 Å². The third kappa shape index (κ3) is 3.81. The molecule has 2 aromatic rings. The van der Waals surface area contributed by atoms with Gasteiger partial charge in [-0.15, -0.1) is 0 Å². The van der Waals surface area contributed by atoms with E-state index in [1.165, 1.54) is 5.56 Å². The number of aromatic amines is 1. The highest BCUT2D eigenvalue weighted by Crippen LogP contribution is 2.05. The molecule has 0 atom stereocenters. The molecular weight excluding hydrogens is 238 g/mol. The summed E-state index contributed by atoms with van der Waals surface area (Å²) in [6.45, 7) is 2.51. The van der Waals surface area contributed by atoms with E-state index in [1.807, 2.05) is 37.3 Å². The Bertz CT molecular complexity index is 556. The van der Waals surface area contributed by atoms with Crippen LogP contribution in [0.3, 0.4) is 0 Å². The molecule has 0 aliphatic rings. The summed E-state index contributed by atoms with van der Waals surface area (Å²) in [5.41, 5.74) is 2.23. The van der Waals surface area contributed by atoms with Crippen LogP contribution in [0.4, 0.5) is 0 Å². The van der Waals surface area contributed by atoms with Gasteiger partial charge in [-0.3, -0.25) is 4.79 Å². The van der Waals surface area contributed by atoms with Crippen molar-refractivity contribution in [3.63, 3.8) is 0 Å². The number of imidazole rings is 1. The van der Waals surface area contributed by atoms with E-state index in [1.54, 1.807) is 30.4 Å². The summed E-state index contributed by atoms with van der Waals surface area (Å²) >= 11 is 0. The Morgan fingerprint density at radius 1 is 1.37 bits per heavy atom. The van der Waals surface area contributed by atoms with Gasteiger partial charge in [-0.1, -0.05) is 29.8 Å². The summed E-state index contributed by atoms with van der Waals surface area (Å²) in [4.78, 5) is 20.6. The van der Waals surface area contributed by atoms with Gasteiger partial charge in [0, 0.05) is 25.5 Å². The van der Waals surface area contributed by atoms with Crippen LogP contribution in [0, 0.1) is 6.92 Å². The van der Waals surface area contributed by atoms with Crippen LogP contribution in [0.1, 0.15) is 17.0 Å². The molecule has 0 saturated carbocycles. The second-order valence-corrected chi connectivity index (χ2v) is 4.47. The fraction of sp³-hybridized carbons (Fsp3) is 0.200. The lowest BCUT2D eigenvalue weighted by atomic mass is 10.1. The van der Waals surface area contributed by atoms with Crippen LogP contribution in [0.25, 0.3) is 6.08 Å². The summed E-state index contributed by atoms with van der Waals surface area (Å²) in [6, 6.07) is 8.03. The zero-order chi connectivity index (χ0) is 13.7. The standard InChI is InChI=1S/C15H17N3O/c1-12-3-5-13(6-4-12)7-8-15(19)18(2)11-14-16-9-10-17-14/h3-10H,11H2,1-2H3,(H,16,17). The number of likely N-dealkylation sites (N-methyl/N-ethyl adjacent to an activating group) is 1. The first-order valence-corrected chi connectivity index (χ1v) is 6.13. The molecule has 0 unspecified atom stereocenters. The number of benzene rings is 1. The van der Waals surface area contributed by atoms with Crippen molar-refractivity contribution < 1.29 is 4.79 Å². The van der Waals surface area contributed by atoms with E-state index in [4.69, 9.17) is 0 Å². The van der Waals surface area contributed by atoms with E-state index in [0.717, 1.165) is 11.4 Å². The molecule has 0 bridgehead atoms. The van der Waals surface area contributed by atoms with Crippen molar-refractivity contribution in [2.75, 3.05) is 7.05 Å². The van der Waals surface area contributed by atoms with Gasteiger partial charge in [0.15, 0.2) is 0 Å². The first-order valence-electron chi connectivity index (χ1n) is 6.13. The maximum atomic E-state index is 11.9. The van der Waals surface area contributed by atoms with Crippen molar-refractivity contribution in [3.8, 4) is 0 Å². The van der Waals surface area contributed by atoms with E-state index in [0.29, 0.717) is 6.54 Å². The second-order valence-electron chi connectivity index (χ2n) is 4.47. The number of amides is 1. The van der Waals surface area contributed by atoms with E-state index in [-0.39, 0.29) is 5.91 Å². The summed E-state index contributed by atoms with van der Waals surface area (Å²) in [7, 11) is 1.75. The Kier molecular flexibility index (Phi) is 4.13. The van der Waals surface area contributed by atoms with Gasteiger partial charge in [0.05, 0.1) is 6.54 Å². The molecule has 1 heterocycles. The quantitative estimate of drug-likeness (QED) is 0.853. The third-order valence-corrected chi connectivity index (χ3v) is 2.81. The lowest BCUT2D eigenvalue weighted by Gasteiger charge is -2.12. The number of H-pyrrole nitrogens is 1. The minimum Gasteiger partial charge on any atom is -0.347 e. The van der Waals surface area contributed by atoms with Gasteiger partial charge >= 0.3 is 0 Å². The number of rotatable bonds is 4. The van der Waals surface area contributed by atoms with Crippen molar-refractivity contribution >= 4 is 12.0 Å². The molecule has 19 heavy (non-hydrogen) atoms. The lowest BCUT2D eigenvalue weighted by Crippen LogP contribution is -2.24. The zero-order valence-corrected chi connectivity index (χ0v) is 11.1. The maximum Gasteiger partial charge on any atom is 0.246 e. The molecule has 0 radical (unpaired) electrons. The van der Waals surface area contributed by atoms with E-state index in [2.05, 4.69) is 9.97 Å². The highest BCUT2D eigenvalue weighted by atomic mass is 16.2. The summed E-state index contributed by atoms with van der Waals surface area (Å²) < 4.78 is 0. The normalized spacial score (nSPS) is 10.8. The van der Waals surface area contributed by atoms with E-state index in [9.17, 15) is 4.79 Å². The molecule has 0 fully saturated rings.